The lowest BCUT2D eigenvalue weighted by Gasteiger charge is -2.24. The van der Waals surface area contributed by atoms with Crippen molar-refractivity contribution in [2.45, 2.75) is 26.4 Å². The summed E-state index contributed by atoms with van der Waals surface area (Å²) in [5.41, 5.74) is 8.48. The molecule has 104 valence electrons. The molecule has 0 fully saturated rings. The summed E-state index contributed by atoms with van der Waals surface area (Å²) >= 11 is 0. The van der Waals surface area contributed by atoms with Gasteiger partial charge in [-0.2, -0.15) is 0 Å². The van der Waals surface area contributed by atoms with Crippen molar-refractivity contribution < 1.29 is 4.74 Å². The molecule has 0 aliphatic rings. The van der Waals surface area contributed by atoms with E-state index in [1.165, 1.54) is 0 Å². The zero-order valence-corrected chi connectivity index (χ0v) is 11.8. The molecule has 5 nitrogen and oxygen atoms in total. The largest absolute Gasteiger partial charge is 0.399 e. The Morgan fingerprint density at radius 3 is 2.89 bits per heavy atom. The maximum atomic E-state index is 5.77. The Morgan fingerprint density at radius 1 is 1.42 bits per heavy atom. The SMILES string of the molecule is COCCN(Cc1nc2ccc(N)cc2[nH]1)C(C)C. The maximum Gasteiger partial charge on any atom is 0.121 e. The molecule has 19 heavy (non-hydrogen) atoms. The highest BCUT2D eigenvalue weighted by atomic mass is 16.5. The summed E-state index contributed by atoms with van der Waals surface area (Å²) in [6.45, 7) is 6.76. The number of hydrogen-bond donors (Lipinski definition) is 2. The van der Waals surface area contributed by atoms with Gasteiger partial charge in [0.2, 0.25) is 0 Å². The Labute approximate surface area is 113 Å². The monoisotopic (exact) mass is 262 g/mol. The predicted molar refractivity (Wildman–Crippen MR) is 77.9 cm³/mol. The van der Waals surface area contributed by atoms with Crippen molar-refractivity contribution in [1.29, 1.82) is 0 Å². The van der Waals surface area contributed by atoms with Crippen molar-refractivity contribution in [2.75, 3.05) is 26.0 Å². The van der Waals surface area contributed by atoms with Gasteiger partial charge in [-0.05, 0) is 32.0 Å². The van der Waals surface area contributed by atoms with E-state index in [9.17, 15) is 0 Å². The van der Waals surface area contributed by atoms with Crippen LogP contribution in [0.15, 0.2) is 18.2 Å². The van der Waals surface area contributed by atoms with Gasteiger partial charge in [0.25, 0.3) is 0 Å². The third kappa shape index (κ3) is 3.45. The number of H-pyrrole nitrogens is 1. The van der Waals surface area contributed by atoms with Crippen molar-refractivity contribution in [3.63, 3.8) is 0 Å². The van der Waals surface area contributed by atoms with Crippen LogP contribution >= 0.6 is 0 Å². The molecule has 2 rings (SSSR count). The third-order valence-electron chi connectivity index (χ3n) is 3.22. The molecule has 0 atom stereocenters. The minimum atomic E-state index is 0.452. The molecule has 1 heterocycles. The van der Waals surface area contributed by atoms with E-state index < -0.39 is 0 Å². The topological polar surface area (TPSA) is 67.2 Å². The number of methoxy groups -OCH3 is 1. The fraction of sp³-hybridized carbons (Fsp3) is 0.500. The van der Waals surface area contributed by atoms with Crippen molar-refractivity contribution >= 4 is 16.7 Å². The second-order valence-electron chi connectivity index (χ2n) is 5.02. The summed E-state index contributed by atoms with van der Waals surface area (Å²) in [6.07, 6.45) is 0. The van der Waals surface area contributed by atoms with Gasteiger partial charge in [0.1, 0.15) is 5.82 Å². The smallest absolute Gasteiger partial charge is 0.121 e. The molecule has 0 radical (unpaired) electrons. The van der Waals surface area contributed by atoms with Crippen LogP contribution in [0.1, 0.15) is 19.7 Å². The highest BCUT2D eigenvalue weighted by Crippen LogP contribution is 2.16. The van der Waals surface area contributed by atoms with Crippen LogP contribution in [0.25, 0.3) is 11.0 Å². The minimum absolute atomic E-state index is 0.452. The highest BCUT2D eigenvalue weighted by molar-refractivity contribution is 5.78. The van der Waals surface area contributed by atoms with Gasteiger partial charge < -0.3 is 15.5 Å². The van der Waals surface area contributed by atoms with Gasteiger partial charge in [0, 0.05) is 25.4 Å². The van der Waals surface area contributed by atoms with E-state index >= 15 is 0 Å². The Balaban J connectivity index is 2.14. The number of nitrogens with one attached hydrogen (secondary N) is 1. The Hall–Kier alpha value is -1.59. The number of imidazole rings is 1. The lowest BCUT2D eigenvalue weighted by Crippen LogP contribution is -2.33. The van der Waals surface area contributed by atoms with E-state index in [4.69, 9.17) is 10.5 Å². The van der Waals surface area contributed by atoms with Crippen LogP contribution in [-0.4, -0.2) is 41.2 Å². The first kappa shape index (κ1) is 13.8. The number of benzene rings is 1. The van der Waals surface area contributed by atoms with Crippen molar-refractivity contribution in [3.8, 4) is 0 Å². The van der Waals surface area contributed by atoms with E-state index in [0.29, 0.717) is 6.04 Å². The predicted octanol–water partition coefficient (Wildman–Crippen LogP) is 2.00. The van der Waals surface area contributed by atoms with Crippen LogP contribution in [0, 0.1) is 0 Å². The van der Waals surface area contributed by atoms with Gasteiger partial charge in [-0.15, -0.1) is 0 Å². The molecule has 0 unspecified atom stereocenters. The second-order valence-corrected chi connectivity index (χ2v) is 5.02. The molecule has 3 N–H and O–H groups in total. The molecule has 0 spiro atoms. The minimum Gasteiger partial charge on any atom is -0.399 e. The fourth-order valence-corrected chi connectivity index (χ4v) is 2.08. The van der Waals surface area contributed by atoms with Crippen LogP contribution in [0.3, 0.4) is 0 Å². The Kier molecular flexibility index (Phi) is 4.39. The van der Waals surface area contributed by atoms with Gasteiger partial charge in [-0.3, -0.25) is 4.90 Å². The molecule has 0 amide bonds. The Morgan fingerprint density at radius 2 is 2.21 bits per heavy atom. The lowest BCUT2D eigenvalue weighted by molar-refractivity contribution is 0.123. The first-order valence-corrected chi connectivity index (χ1v) is 6.57. The summed E-state index contributed by atoms with van der Waals surface area (Å²) in [5, 5.41) is 0. The normalized spacial score (nSPS) is 11.8. The molecule has 0 bridgehead atoms. The van der Waals surface area contributed by atoms with Crippen LogP contribution in [0.2, 0.25) is 0 Å². The quantitative estimate of drug-likeness (QED) is 0.781. The van der Waals surface area contributed by atoms with Gasteiger partial charge >= 0.3 is 0 Å². The van der Waals surface area contributed by atoms with Gasteiger partial charge in [-0.25, -0.2) is 4.98 Å². The fourth-order valence-electron chi connectivity index (χ4n) is 2.08. The molecule has 0 saturated carbocycles. The number of hydrogen-bond acceptors (Lipinski definition) is 4. The van der Waals surface area contributed by atoms with Crippen molar-refractivity contribution in [2.24, 2.45) is 0 Å². The van der Waals surface area contributed by atoms with Crippen molar-refractivity contribution in [1.82, 2.24) is 14.9 Å². The summed E-state index contributed by atoms with van der Waals surface area (Å²) in [6, 6.07) is 6.19. The zero-order chi connectivity index (χ0) is 13.8. The van der Waals surface area contributed by atoms with E-state index in [1.807, 2.05) is 18.2 Å². The summed E-state index contributed by atoms with van der Waals surface area (Å²) < 4.78 is 5.15. The van der Waals surface area contributed by atoms with Crippen LogP contribution in [-0.2, 0) is 11.3 Å². The molecular weight excluding hydrogens is 240 g/mol. The number of ether oxygens (including phenoxy) is 1. The van der Waals surface area contributed by atoms with Crippen LogP contribution in [0.5, 0.6) is 0 Å². The second kappa shape index (κ2) is 6.04. The van der Waals surface area contributed by atoms with Gasteiger partial charge in [-0.1, -0.05) is 0 Å². The molecular formula is C14H22N4O. The first-order valence-electron chi connectivity index (χ1n) is 6.57. The number of aromatic amines is 1. The van der Waals surface area contributed by atoms with E-state index in [0.717, 1.165) is 42.2 Å². The maximum absolute atomic E-state index is 5.77. The molecule has 0 aliphatic heterocycles. The summed E-state index contributed by atoms with van der Waals surface area (Å²) in [4.78, 5) is 10.2. The molecule has 2 aromatic rings. The number of anilines is 1. The molecule has 0 saturated heterocycles. The first-order chi connectivity index (χ1) is 9.10. The lowest BCUT2D eigenvalue weighted by atomic mass is 10.3. The number of rotatable bonds is 6. The summed E-state index contributed by atoms with van der Waals surface area (Å²) in [7, 11) is 1.72. The number of fused-ring (bicyclic) bond motifs is 1. The summed E-state index contributed by atoms with van der Waals surface area (Å²) in [5.74, 6) is 0.963. The zero-order valence-electron chi connectivity index (χ0n) is 11.8. The van der Waals surface area contributed by atoms with E-state index in [2.05, 4.69) is 28.7 Å². The number of aromatic nitrogens is 2. The average molecular weight is 262 g/mol. The molecule has 0 aliphatic carbocycles. The molecule has 1 aromatic heterocycles. The van der Waals surface area contributed by atoms with Crippen molar-refractivity contribution in [3.05, 3.63) is 24.0 Å². The number of nitrogens with zero attached hydrogens (tertiary/aromatic N) is 2. The Bertz CT molecular complexity index is 535. The van der Waals surface area contributed by atoms with E-state index in [-0.39, 0.29) is 0 Å². The van der Waals surface area contributed by atoms with Gasteiger partial charge in [0.05, 0.1) is 24.2 Å². The molecule has 1 aromatic carbocycles. The van der Waals surface area contributed by atoms with E-state index in [1.54, 1.807) is 7.11 Å². The third-order valence-corrected chi connectivity index (χ3v) is 3.22. The number of nitrogen functional groups attached to an aromatic ring is 1. The number of nitrogens with two attached hydrogens (primary N) is 1. The standard InChI is InChI=1S/C14H22N4O/c1-10(2)18(6-7-19-3)9-14-16-12-5-4-11(15)8-13(12)17-14/h4-5,8,10H,6-7,9,15H2,1-3H3,(H,16,17). The highest BCUT2D eigenvalue weighted by Gasteiger charge is 2.12. The molecule has 5 heteroatoms. The average Bonchev–Trinajstić information content (AvgIpc) is 2.75. The van der Waals surface area contributed by atoms with Crippen LogP contribution < -0.4 is 5.73 Å². The van der Waals surface area contributed by atoms with Gasteiger partial charge in [0.15, 0.2) is 0 Å². The van der Waals surface area contributed by atoms with Crippen LogP contribution in [0.4, 0.5) is 5.69 Å².